The van der Waals surface area contributed by atoms with Crippen molar-refractivity contribution in [1.29, 1.82) is 0 Å². The van der Waals surface area contributed by atoms with E-state index in [1.54, 1.807) is 48.5 Å². The van der Waals surface area contributed by atoms with Crippen LogP contribution < -0.4 is 27.7 Å². The molecule has 0 aromatic heterocycles. The predicted molar refractivity (Wildman–Crippen MR) is 131 cm³/mol. The molecule has 37 heavy (non-hydrogen) atoms. The second-order valence-corrected chi connectivity index (χ2v) is 8.21. The van der Waals surface area contributed by atoms with Crippen molar-refractivity contribution in [3.8, 4) is 33.8 Å². The summed E-state index contributed by atoms with van der Waals surface area (Å²) >= 11 is 0. The van der Waals surface area contributed by atoms with Crippen molar-refractivity contribution >= 4 is 22.7 Å². The van der Waals surface area contributed by atoms with Gasteiger partial charge in [0, 0.05) is 33.9 Å². The molecule has 0 aliphatic heterocycles. The number of anilines is 4. The summed E-state index contributed by atoms with van der Waals surface area (Å²) in [6, 6.07) is 16.1. The van der Waals surface area contributed by atoms with Crippen LogP contribution in [0.5, 0.6) is 11.5 Å². The average Bonchev–Trinajstić information content (AvgIpc) is 2.79. The highest BCUT2D eigenvalue weighted by Crippen LogP contribution is 2.41. The zero-order valence-corrected chi connectivity index (χ0v) is 18.9. The number of nitrogens with two attached hydrogens (primary N) is 4. The van der Waals surface area contributed by atoms with Crippen molar-refractivity contribution in [2.24, 2.45) is 0 Å². The standard InChI is InChI=1S/C26H20F6N4O/c27-25(28,29)15-9-19(33)23(20(34)10-15)13-1-5-17(6-2-13)37-18-7-3-14(4-8-18)24-21(35)11-16(12-22(24)36)26(30,31)32/h1-12H,33-36H2. The normalized spacial score (nSPS) is 11.9. The summed E-state index contributed by atoms with van der Waals surface area (Å²) in [5.74, 6) is 0.822. The zero-order chi connectivity index (χ0) is 27.1. The molecule has 5 nitrogen and oxygen atoms in total. The molecule has 0 heterocycles. The summed E-state index contributed by atoms with van der Waals surface area (Å²) < 4.78 is 83.7. The van der Waals surface area contributed by atoms with Crippen molar-refractivity contribution in [2.75, 3.05) is 22.9 Å². The van der Waals surface area contributed by atoms with Gasteiger partial charge in [0.1, 0.15) is 11.5 Å². The Labute approximate surface area is 207 Å². The van der Waals surface area contributed by atoms with E-state index in [1.807, 2.05) is 0 Å². The lowest BCUT2D eigenvalue weighted by molar-refractivity contribution is -0.138. The molecule has 0 spiro atoms. The maximum absolute atomic E-state index is 13.0. The smallest absolute Gasteiger partial charge is 0.416 e. The van der Waals surface area contributed by atoms with Gasteiger partial charge in [-0.2, -0.15) is 26.3 Å². The van der Waals surface area contributed by atoms with Crippen LogP contribution in [0, 0.1) is 0 Å². The fourth-order valence-electron chi connectivity index (χ4n) is 3.88. The number of nitrogen functional groups attached to an aromatic ring is 4. The lowest BCUT2D eigenvalue weighted by Crippen LogP contribution is -2.08. The first-order chi connectivity index (χ1) is 17.2. The van der Waals surface area contributed by atoms with Gasteiger partial charge in [-0.25, -0.2) is 0 Å². The van der Waals surface area contributed by atoms with Crippen molar-refractivity contribution in [1.82, 2.24) is 0 Å². The molecule has 0 aliphatic carbocycles. The number of benzene rings is 4. The van der Waals surface area contributed by atoms with E-state index in [-0.39, 0.29) is 33.9 Å². The van der Waals surface area contributed by atoms with Crippen LogP contribution in [-0.2, 0) is 12.4 Å². The van der Waals surface area contributed by atoms with Crippen molar-refractivity contribution in [2.45, 2.75) is 12.4 Å². The van der Waals surface area contributed by atoms with Gasteiger partial charge in [0.05, 0.1) is 11.1 Å². The minimum absolute atomic E-state index is 0.113. The van der Waals surface area contributed by atoms with Gasteiger partial charge in [-0.15, -0.1) is 0 Å². The SMILES string of the molecule is Nc1cc(C(F)(F)F)cc(N)c1-c1ccc(Oc2ccc(-c3c(N)cc(C(F)(F)F)cc3N)cc2)cc1. The van der Waals surface area contributed by atoms with Gasteiger partial charge < -0.3 is 27.7 Å². The fourth-order valence-corrected chi connectivity index (χ4v) is 3.88. The van der Waals surface area contributed by atoms with Gasteiger partial charge in [-0.1, -0.05) is 24.3 Å². The third kappa shape index (κ3) is 5.35. The molecule has 0 atom stereocenters. The van der Waals surface area contributed by atoms with Crippen LogP contribution in [0.15, 0.2) is 72.8 Å². The molecular weight excluding hydrogens is 498 g/mol. The molecule has 0 bridgehead atoms. The summed E-state index contributed by atoms with van der Waals surface area (Å²) in [6.45, 7) is 0. The number of hydrogen-bond acceptors (Lipinski definition) is 5. The Morgan fingerprint density at radius 2 is 0.730 bits per heavy atom. The van der Waals surface area contributed by atoms with E-state index in [4.69, 9.17) is 27.7 Å². The van der Waals surface area contributed by atoms with E-state index in [1.165, 1.54) is 0 Å². The monoisotopic (exact) mass is 518 g/mol. The Bertz CT molecular complexity index is 1290. The molecule has 0 unspecified atom stereocenters. The van der Waals surface area contributed by atoms with Gasteiger partial charge >= 0.3 is 12.4 Å². The van der Waals surface area contributed by atoms with E-state index in [0.29, 0.717) is 22.6 Å². The minimum Gasteiger partial charge on any atom is -0.457 e. The molecule has 0 aliphatic rings. The molecule has 4 rings (SSSR count). The second kappa shape index (κ2) is 9.16. The molecule has 11 heteroatoms. The summed E-state index contributed by atoms with van der Waals surface area (Å²) in [6.07, 6.45) is -9.14. The van der Waals surface area contributed by atoms with Gasteiger partial charge in [-0.05, 0) is 59.7 Å². The molecule has 4 aromatic carbocycles. The Balaban J connectivity index is 1.54. The number of halogens is 6. The molecule has 0 saturated carbocycles. The Morgan fingerprint density at radius 3 is 0.973 bits per heavy atom. The third-order valence-electron chi connectivity index (χ3n) is 5.58. The van der Waals surface area contributed by atoms with Crippen LogP contribution in [0.1, 0.15) is 11.1 Å². The van der Waals surface area contributed by atoms with Crippen LogP contribution >= 0.6 is 0 Å². The number of alkyl halides is 6. The Hall–Kier alpha value is -4.54. The highest BCUT2D eigenvalue weighted by molar-refractivity contribution is 5.88. The average molecular weight is 518 g/mol. The van der Waals surface area contributed by atoms with Gasteiger partial charge in [0.15, 0.2) is 0 Å². The predicted octanol–water partition coefficient (Wildman–Crippen LogP) is 7.18. The maximum Gasteiger partial charge on any atom is 0.416 e. The topological polar surface area (TPSA) is 113 Å². The maximum atomic E-state index is 13.0. The highest BCUT2D eigenvalue weighted by Gasteiger charge is 2.32. The van der Waals surface area contributed by atoms with Crippen LogP contribution in [0.25, 0.3) is 22.3 Å². The van der Waals surface area contributed by atoms with Crippen molar-refractivity contribution < 1.29 is 31.1 Å². The molecular formula is C26H20F6N4O. The largest absolute Gasteiger partial charge is 0.457 e. The second-order valence-electron chi connectivity index (χ2n) is 8.21. The van der Waals surface area contributed by atoms with E-state index >= 15 is 0 Å². The molecule has 8 N–H and O–H groups in total. The highest BCUT2D eigenvalue weighted by atomic mass is 19.4. The van der Waals surface area contributed by atoms with Crippen LogP contribution in [0.3, 0.4) is 0 Å². The molecule has 0 amide bonds. The molecule has 0 saturated heterocycles. The number of rotatable bonds is 4. The Kier molecular flexibility index (Phi) is 6.32. The lowest BCUT2D eigenvalue weighted by atomic mass is 9.99. The summed E-state index contributed by atoms with van der Waals surface area (Å²) in [5, 5.41) is 0. The van der Waals surface area contributed by atoms with Crippen LogP contribution in [0.2, 0.25) is 0 Å². The molecule has 0 radical (unpaired) electrons. The van der Waals surface area contributed by atoms with Crippen LogP contribution in [0.4, 0.5) is 49.1 Å². The van der Waals surface area contributed by atoms with Gasteiger partial charge in [-0.3, -0.25) is 0 Å². The Morgan fingerprint density at radius 1 is 0.459 bits per heavy atom. The van der Waals surface area contributed by atoms with Crippen LogP contribution in [-0.4, -0.2) is 0 Å². The summed E-state index contributed by atoms with van der Waals surface area (Å²) in [4.78, 5) is 0. The quantitative estimate of drug-likeness (QED) is 0.169. The van der Waals surface area contributed by atoms with Crippen molar-refractivity contribution in [3.63, 3.8) is 0 Å². The van der Waals surface area contributed by atoms with Crippen molar-refractivity contribution in [3.05, 3.63) is 83.9 Å². The minimum atomic E-state index is -4.57. The first kappa shape index (κ1) is 25.5. The zero-order valence-electron chi connectivity index (χ0n) is 18.9. The van der Waals surface area contributed by atoms with E-state index < -0.39 is 23.5 Å². The first-order valence-corrected chi connectivity index (χ1v) is 10.6. The lowest BCUT2D eigenvalue weighted by Gasteiger charge is -2.15. The molecule has 0 fully saturated rings. The van der Waals surface area contributed by atoms with E-state index in [0.717, 1.165) is 24.3 Å². The number of hydrogen-bond donors (Lipinski definition) is 4. The fraction of sp³-hybridized carbons (Fsp3) is 0.0769. The molecule has 4 aromatic rings. The summed E-state index contributed by atoms with van der Waals surface area (Å²) in [7, 11) is 0. The van der Waals surface area contributed by atoms with Gasteiger partial charge in [0.25, 0.3) is 0 Å². The van der Waals surface area contributed by atoms with E-state index in [2.05, 4.69) is 0 Å². The summed E-state index contributed by atoms with van der Waals surface area (Å²) in [5.41, 5.74) is 22.6. The third-order valence-corrected chi connectivity index (χ3v) is 5.58. The molecule has 192 valence electrons. The van der Waals surface area contributed by atoms with E-state index in [9.17, 15) is 26.3 Å². The van der Waals surface area contributed by atoms with Gasteiger partial charge in [0.2, 0.25) is 0 Å². The first-order valence-electron chi connectivity index (χ1n) is 10.6. The number of ether oxygens (including phenoxy) is 1.